The van der Waals surface area contributed by atoms with Crippen molar-refractivity contribution in [2.75, 3.05) is 37.6 Å². The van der Waals surface area contributed by atoms with Crippen LogP contribution < -0.4 is 4.90 Å². The third-order valence-electron chi connectivity index (χ3n) is 4.37. The second kappa shape index (κ2) is 6.50. The molecule has 0 amide bonds. The highest BCUT2D eigenvalue weighted by molar-refractivity contribution is 5.44. The van der Waals surface area contributed by atoms with Gasteiger partial charge in [-0.3, -0.25) is 4.90 Å². The molecule has 1 atom stereocenters. The summed E-state index contributed by atoms with van der Waals surface area (Å²) in [6, 6.07) is 13.6. The van der Waals surface area contributed by atoms with Crippen molar-refractivity contribution in [1.29, 1.82) is 0 Å². The zero-order valence-corrected chi connectivity index (χ0v) is 13.2. The van der Waals surface area contributed by atoms with Gasteiger partial charge in [-0.05, 0) is 28.1 Å². The Morgan fingerprint density at radius 2 is 1.79 bits per heavy atom. The lowest BCUT2D eigenvalue weighted by molar-refractivity contribution is 0.109. The summed E-state index contributed by atoms with van der Waals surface area (Å²) in [6.45, 7) is 4.15. The average Bonchev–Trinajstić information content (AvgIpc) is 3.11. The number of aromatic nitrogens is 5. The van der Waals surface area contributed by atoms with Gasteiger partial charge in [-0.1, -0.05) is 30.3 Å². The monoisotopic (exact) mass is 325 g/mol. The number of aliphatic hydroxyl groups is 1. The van der Waals surface area contributed by atoms with Crippen LogP contribution in [0.25, 0.3) is 5.65 Å². The first-order valence-corrected chi connectivity index (χ1v) is 8.05. The number of anilines is 1. The van der Waals surface area contributed by atoms with Gasteiger partial charge in [0.1, 0.15) is 0 Å². The van der Waals surface area contributed by atoms with Crippen LogP contribution in [0.3, 0.4) is 0 Å². The van der Waals surface area contributed by atoms with Gasteiger partial charge >= 0.3 is 0 Å². The standard InChI is InChI=1S/C16H19N7O/c24-14(13-4-2-1-3-5-13)12-21-8-10-22(11-9-21)16-7-6-15-17-19-20-23(15)18-16/h1-7,14,24H,8-12H2/t14-/m0/s1. The van der Waals surface area contributed by atoms with Crippen molar-refractivity contribution in [3.63, 3.8) is 0 Å². The van der Waals surface area contributed by atoms with Gasteiger partial charge in [0.05, 0.1) is 6.10 Å². The second-order valence-corrected chi connectivity index (χ2v) is 5.93. The van der Waals surface area contributed by atoms with Crippen LogP contribution >= 0.6 is 0 Å². The zero-order chi connectivity index (χ0) is 16.4. The van der Waals surface area contributed by atoms with Gasteiger partial charge in [0.25, 0.3) is 0 Å². The molecular formula is C16H19N7O. The molecule has 4 rings (SSSR count). The third-order valence-corrected chi connectivity index (χ3v) is 4.37. The minimum atomic E-state index is -0.451. The number of benzene rings is 1. The van der Waals surface area contributed by atoms with Gasteiger partial charge < -0.3 is 10.0 Å². The molecular weight excluding hydrogens is 306 g/mol. The Morgan fingerprint density at radius 1 is 1.00 bits per heavy atom. The van der Waals surface area contributed by atoms with E-state index in [9.17, 15) is 5.11 Å². The maximum absolute atomic E-state index is 10.4. The number of tetrazole rings is 1. The SMILES string of the molecule is O[C@@H](CN1CCN(c2ccc3nnnn3n2)CC1)c1ccccc1. The van der Waals surface area contributed by atoms with Gasteiger partial charge in [0.15, 0.2) is 11.5 Å². The zero-order valence-electron chi connectivity index (χ0n) is 13.2. The first-order chi connectivity index (χ1) is 11.8. The number of hydrogen-bond acceptors (Lipinski definition) is 7. The molecule has 8 heteroatoms. The fourth-order valence-electron chi connectivity index (χ4n) is 2.99. The number of fused-ring (bicyclic) bond motifs is 1. The van der Waals surface area contributed by atoms with Gasteiger partial charge in [-0.15, -0.1) is 14.8 Å². The molecule has 1 aliphatic rings. The van der Waals surface area contributed by atoms with Crippen molar-refractivity contribution >= 4 is 11.5 Å². The molecule has 0 saturated carbocycles. The lowest BCUT2D eigenvalue weighted by Gasteiger charge is -2.36. The number of β-amino-alcohol motifs (C(OH)–C–C–N with tert-alkyl or cyclic N) is 1. The summed E-state index contributed by atoms with van der Waals surface area (Å²) >= 11 is 0. The Hall–Kier alpha value is -2.58. The molecule has 8 nitrogen and oxygen atoms in total. The predicted molar refractivity (Wildman–Crippen MR) is 88.6 cm³/mol. The van der Waals surface area contributed by atoms with Gasteiger partial charge in [-0.2, -0.15) is 0 Å². The highest BCUT2D eigenvalue weighted by atomic mass is 16.3. The first kappa shape index (κ1) is 15.0. The molecule has 124 valence electrons. The molecule has 0 aliphatic carbocycles. The van der Waals surface area contributed by atoms with E-state index in [1.165, 1.54) is 4.63 Å². The van der Waals surface area contributed by atoms with Crippen molar-refractivity contribution in [2.45, 2.75) is 6.10 Å². The van der Waals surface area contributed by atoms with Gasteiger partial charge in [0, 0.05) is 32.7 Å². The van der Waals surface area contributed by atoms with Gasteiger partial charge in [-0.25, -0.2) is 0 Å². The van der Waals surface area contributed by atoms with Crippen molar-refractivity contribution in [2.24, 2.45) is 0 Å². The topological polar surface area (TPSA) is 82.7 Å². The fourth-order valence-corrected chi connectivity index (χ4v) is 2.99. The van der Waals surface area contributed by atoms with E-state index < -0.39 is 6.10 Å². The molecule has 0 unspecified atom stereocenters. The molecule has 1 saturated heterocycles. The van der Waals surface area contributed by atoms with E-state index in [2.05, 4.69) is 30.4 Å². The summed E-state index contributed by atoms with van der Waals surface area (Å²) in [5, 5.41) is 26.1. The van der Waals surface area contributed by atoms with Crippen LogP contribution in [0, 0.1) is 0 Å². The summed E-state index contributed by atoms with van der Waals surface area (Å²) < 4.78 is 1.45. The number of aliphatic hydroxyl groups excluding tert-OH is 1. The van der Waals surface area contributed by atoms with E-state index in [4.69, 9.17) is 0 Å². The lowest BCUT2D eigenvalue weighted by atomic mass is 10.1. The Balaban J connectivity index is 1.36. The molecule has 1 N–H and O–H groups in total. The molecule has 0 radical (unpaired) electrons. The van der Waals surface area contributed by atoms with Crippen LogP contribution in [0.2, 0.25) is 0 Å². The molecule has 24 heavy (non-hydrogen) atoms. The summed E-state index contributed by atoms with van der Waals surface area (Å²) in [5.41, 5.74) is 1.61. The Bertz CT molecular complexity index is 798. The minimum Gasteiger partial charge on any atom is -0.387 e. The van der Waals surface area contributed by atoms with E-state index in [0.29, 0.717) is 12.2 Å². The predicted octanol–water partition coefficient (Wildman–Crippen LogP) is 0.375. The fraction of sp³-hybridized carbons (Fsp3) is 0.375. The molecule has 2 aromatic heterocycles. The maximum atomic E-state index is 10.4. The van der Waals surface area contributed by atoms with Crippen LogP contribution in [-0.4, -0.2) is 68.0 Å². The minimum absolute atomic E-state index is 0.451. The molecule has 3 heterocycles. The lowest BCUT2D eigenvalue weighted by Crippen LogP contribution is -2.48. The van der Waals surface area contributed by atoms with E-state index >= 15 is 0 Å². The number of piperazine rings is 1. The smallest absolute Gasteiger partial charge is 0.200 e. The quantitative estimate of drug-likeness (QED) is 0.742. The summed E-state index contributed by atoms with van der Waals surface area (Å²) in [7, 11) is 0. The van der Waals surface area contributed by atoms with Gasteiger partial charge in [0.2, 0.25) is 0 Å². The van der Waals surface area contributed by atoms with Crippen LogP contribution in [0.15, 0.2) is 42.5 Å². The Kier molecular flexibility index (Phi) is 4.06. The van der Waals surface area contributed by atoms with Crippen LogP contribution in [-0.2, 0) is 0 Å². The van der Waals surface area contributed by atoms with Crippen LogP contribution in [0.4, 0.5) is 5.82 Å². The number of nitrogens with zero attached hydrogens (tertiary/aromatic N) is 7. The van der Waals surface area contributed by atoms with E-state index in [-0.39, 0.29) is 0 Å². The highest BCUT2D eigenvalue weighted by Gasteiger charge is 2.21. The Labute approximate surface area is 139 Å². The van der Waals surface area contributed by atoms with Crippen molar-refractivity contribution in [3.05, 3.63) is 48.0 Å². The number of hydrogen-bond donors (Lipinski definition) is 1. The maximum Gasteiger partial charge on any atom is 0.200 e. The largest absolute Gasteiger partial charge is 0.387 e. The summed E-state index contributed by atoms with van der Waals surface area (Å²) in [4.78, 5) is 4.50. The second-order valence-electron chi connectivity index (χ2n) is 5.93. The van der Waals surface area contributed by atoms with E-state index in [0.717, 1.165) is 37.6 Å². The summed E-state index contributed by atoms with van der Waals surface area (Å²) in [5.74, 6) is 0.873. The summed E-state index contributed by atoms with van der Waals surface area (Å²) in [6.07, 6.45) is -0.451. The Morgan fingerprint density at radius 3 is 2.58 bits per heavy atom. The molecule has 0 spiro atoms. The van der Waals surface area contributed by atoms with Crippen LogP contribution in [0.5, 0.6) is 0 Å². The molecule has 1 aromatic carbocycles. The van der Waals surface area contributed by atoms with E-state index in [1.54, 1.807) is 0 Å². The molecule has 1 fully saturated rings. The third kappa shape index (κ3) is 3.06. The van der Waals surface area contributed by atoms with E-state index in [1.807, 2.05) is 42.5 Å². The molecule has 1 aliphatic heterocycles. The van der Waals surface area contributed by atoms with Crippen LogP contribution in [0.1, 0.15) is 11.7 Å². The highest BCUT2D eigenvalue weighted by Crippen LogP contribution is 2.17. The van der Waals surface area contributed by atoms with Crippen molar-refractivity contribution < 1.29 is 5.11 Å². The normalized spacial score (nSPS) is 17.3. The molecule has 0 bridgehead atoms. The van der Waals surface area contributed by atoms with Crippen molar-refractivity contribution in [1.82, 2.24) is 30.2 Å². The number of rotatable bonds is 4. The first-order valence-electron chi connectivity index (χ1n) is 8.05. The molecule has 3 aromatic rings. The average molecular weight is 325 g/mol. The van der Waals surface area contributed by atoms with Crippen molar-refractivity contribution in [3.8, 4) is 0 Å².